The van der Waals surface area contributed by atoms with E-state index in [1.807, 2.05) is 30.0 Å². The molecule has 110 valence electrons. The largest absolute Gasteiger partial charge is 0.492 e. The molecule has 0 radical (unpaired) electrons. The lowest BCUT2D eigenvalue weighted by molar-refractivity contribution is 0.328. The van der Waals surface area contributed by atoms with Gasteiger partial charge < -0.3 is 10.1 Å². The van der Waals surface area contributed by atoms with Crippen molar-refractivity contribution in [1.82, 2.24) is 5.32 Å². The lowest BCUT2D eigenvalue weighted by Gasteiger charge is -2.11. The number of nitrogens with one attached hydrogen (secondary N) is 1. The highest BCUT2D eigenvalue weighted by molar-refractivity contribution is 8.14. The van der Waals surface area contributed by atoms with Crippen LogP contribution in [0.4, 0.5) is 0 Å². The highest BCUT2D eigenvalue weighted by Crippen LogP contribution is 2.19. The third-order valence-corrected chi connectivity index (χ3v) is 4.20. The zero-order chi connectivity index (χ0) is 14.4. The quantitative estimate of drug-likeness (QED) is 0.815. The summed E-state index contributed by atoms with van der Waals surface area (Å²) in [4.78, 5) is 4.56. The number of benzene rings is 1. The number of hydrogen-bond acceptors (Lipinski definition) is 3. The first kappa shape index (κ1) is 15.2. The number of ether oxygens (including phenoxy) is 1. The van der Waals surface area contributed by atoms with E-state index in [1.54, 1.807) is 0 Å². The zero-order valence-corrected chi connectivity index (χ0v) is 13.4. The second kappa shape index (κ2) is 7.58. The van der Waals surface area contributed by atoms with Crippen molar-refractivity contribution >= 4 is 16.9 Å². The van der Waals surface area contributed by atoms with Gasteiger partial charge >= 0.3 is 0 Å². The first-order valence-corrected chi connectivity index (χ1v) is 8.25. The lowest BCUT2D eigenvalue weighted by atomic mass is 10.1. The Hall–Kier alpha value is -1.16. The molecule has 0 saturated carbocycles. The molecule has 1 aromatic carbocycles. The van der Waals surface area contributed by atoms with Crippen molar-refractivity contribution < 1.29 is 4.74 Å². The normalized spacial score (nSPS) is 20.4. The van der Waals surface area contributed by atoms with Crippen molar-refractivity contribution in [2.45, 2.75) is 33.2 Å². The Bertz CT molecular complexity index is 460. The molecule has 0 bridgehead atoms. The Labute approximate surface area is 126 Å². The molecule has 20 heavy (non-hydrogen) atoms. The Morgan fingerprint density at radius 3 is 3.05 bits per heavy atom. The number of hydrogen-bond donors (Lipinski definition) is 1. The summed E-state index contributed by atoms with van der Waals surface area (Å²) in [5.41, 5.74) is 1.22. The molecule has 1 atom stereocenters. The Balaban J connectivity index is 1.69. The van der Waals surface area contributed by atoms with Crippen molar-refractivity contribution in [2.75, 3.05) is 18.9 Å². The number of nitrogens with zero attached hydrogens (tertiary/aromatic N) is 1. The van der Waals surface area contributed by atoms with Crippen molar-refractivity contribution in [1.29, 1.82) is 0 Å². The Morgan fingerprint density at radius 2 is 2.30 bits per heavy atom. The van der Waals surface area contributed by atoms with Gasteiger partial charge in [-0.3, -0.25) is 4.99 Å². The van der Waals surface area contributed by atoms with Gasteiger partial charge in [0.25, 0.3) is 0 Å². The summed E-state index contributed by atoms with van der Waals surface area (Å²) in [6.45, 7) is 7.93. The van der Waals surface area contributed by atoms with Crippen LogP contribution in [0, 0.1) is 12.8 Å². The highest BCUT2D eigenvalue weighted by atomic mass is 32.2. The third kappa shape index (κ3) is 5.08. The van der Waals surface area contributed by atoms with Crippen LogP contribution in [-0.4, -0.2) is 30.1 Å². The van der Waals surface area contributed by atoms with E-state index in [1.165, 1.54) is 12.0 Å². The average molecular weight is 292 g/mol. The molecule has 3 nitrogen and oxygen atoms in total. The van der Waals surface area contributed by atoms with Gasteiger partial charge in [0, 0.05) is 11.8 Å². The molecule has 1 fully saturated rings. The minimum Gasteiger partial charge on any atom is -0.492 e. The molecule has 1 saturated heterocycles. The topological polar surface area (TPSA) is 33.6 Å². The van der Waals surface area contributed by atoms with Crippen molar-refractivity contribution in [2.24, 2.45) is 10.9 Å². The van der Waals surface area contributed by atoms with E-state index >= 15 is 0 Å². The van der Waals surface area contributed by atoms with E-state index in [2.05, 4.69) is 37.1 Å². The van der Waals surface area contributed by atoms with Gasteiger partial charge in [-0.1, -0.05) is 37.7 Å². The van der Waals surface area contributed by atoms with Crippen molar-refractivity contribution in [3.8, 4) is 5.75 Å². The van der Waals surface area contributed by atoms with Gasteiger partial charge in [0.2, 0.25) is 0 Å². The maximum absolute atomic E-state index is 5.69. The molecule has 1 aliphatic heterocycles. The van der Waals surface area contributed by atoms with E-state index in [0.29, 0.717) is 19.2 Å². The van der Waals surface area contributed by atoms with Gasteiger partial charge in [-0.05, 0) is 37.0 Å². The van der Waals surface area contributed by atoms with Crippen LogP contribution in [0.3, 0.4) is 0 Å². The van der Waals surface area contributed by atoms with Gasteiger partial charge in [-0.15, -0.1) is 0 Å². The molecule has 1 heterocycles. The summed E-state index contributed by atoms with van der Waals surface area (Å²) in [6, 6.07) is 8.70. The minimum absolute atomic E-state index is 0.580. The van der Waals surface area contributed by atoms with E-state index in [4.69, 9.17) is 4.74 Å². The summed E-state index contributed by atoms with van der Waals surface area (Å²) in [7, 11) is 0. The van der Waals surface area contributed by atoms with Crippen LogP contribution >= 0.6 is 11.8 Å². The molecule has 1 unspecified atom stereocenters. The monoisotopic (exact) mass is 292 g/mol. The fourth-order valence-corrected chi connectivity index (χ4v) is 3.25. The molecule has 2 rings (SSSR count). The minimum atomic E-state index is 0.580. The van der Waals surface area contributed by atoms with E-state index in [9.17, 15) is 0 Å². The van der Waals surface area contributed by atoms with Crippen molar-refractivity contribution in [3.63, 3.8) is 0 Å². The Morgan fingerprint density at radius 1 is 1.45 bits per heavy atom. The molecule has 4 heteroatoms. The summed E-state index contributed by atoms with van der Waals surface area (Å²) in [6.07, 6.45) is 1.21. The molecule has 1 aliphatic rings. The molecule has 1 aromatic rings. The fourth-order valence-electron chi connectivity index (χ4n) is 2.24. The summed E-state index contributed by atoms with van der Waals surface area (Å²) >= 11 is 1.82. The van der Waals surface area contributed by atoms with E-state index < -0.39 is 0 Å². The number of amidine groups is 1. The van der Waals surface area contributed by atoms with Crippen LogP contribution in [0.25, 0.3) is 0 Å². The molecule has 0 amide bonds. The van der Waals surface area contributed by atoms with Crippen LogP contribution in [0.1, 0.15) is 25.8 Å². The molecular formula is C16H24N2OS. The summed E-state index contributed by atoms with van der Waals surface area (Å²) in [5, 5.41) is 4.56. The van der Waals surface area contributed by atoms with Gasteiger partial charge in [0.05, 0.1) is 6.54 Å². The predicted octanol–water partition coefficient (Wildman–Crippen LogP) is 3.48. The van der Waals surface area contributed by atoms with E-state index in [-0.39, 0.29) is 0 Å². The molecular weight excluding hydrogens is 268 g/mol. The lowest BCUT2D eigenvalue weighted by Crippen LogP contribution is -2.28. The number of aryl methyl sites for hydroxylation is 1. The number of thioether (sulfide) groups is 1. The Kier molecular flexibility index (Phi) is 5.77. The smallest absolute Gasteiger partial charge is 0.156 e. The standard InChI is InChI=1S/C16H24N2OS/c1-12(2)9-14-11-20-16(18-14)17-7-8-19-15-6-4-5-13(3)10-15/h4-6,10,12,14H,7-9,11H2,1-3H3,(H,17,18). The van der Waals surface area contributed by atoms with Gasteiger partial charge in [-0.2, -0.15) is 0 Å². The molecule has 0 aliphatic carbocycles. The average Bonchev–Trinajstić information content (AvgIpc) is 2.81. The van der Waals surface area contributed by atoms with Crippen LogP contribution in [0.5, 0.6) is 5.75 Å². The maximum atomic E-state index is 5.69. The molecule has 0 spiro atoms. The van der Waals surface area contributed by atoms with Gasteiger partial charge in [0.15, 0.2) is 5.17 Å². The van der Waals surface area contributed by atoms with Crippen molar-refractivity contribution in [3.05, 3.63) is 29.8 Å². The second-order valence-electron chi connectivity index (χ2n) is 5.63. The van der Waals surface area contributed by atoms with Crippen LogP contribution in [0.2, 0.25) is 0 Å². The number of rotatable bonds is 6. The second-order valence-corrected chi connectivity index (χ2v) is 6.64. The molecule has 1 N–H and O–H groups in total. The third-order valence-electron chi connectivity index (χ3n) is 3.11. The van der Waals surface area contributed by atoms with Crippen LogP contribution in [-0.2, 0) is 0 Å². The zero-order valence-electron chi connectivity index (χ0n) is 12.6. The first-order chi connectivity index (χ1) is 9.63. The SMILES string of the molecule is Cc1cccc(OCCN=C2NC(CC(C)C)CS2)c1. The van der Waals surface area contributed by atoms with E-state index in [0.717, 1.165) is 22.6 Å². The maximum Gasteiger partial charge on any atom is 0.156 e. The van der Waals surface area contributed by atoms with Crippen LogP contribution < -0.4 is 10.1 Å². The summed E-state index contributed by atoms with van der Waals surface area (Å²) in [5.74, 6) is 2.79. The summed E-state index contributed by atoms with van der Waals surface area (Å²) < 4.78 is 5.69. The fraction of sp³-hybridized carbons (Fsp3) is 0.562. The highest BCUT2D eigenvalue weighted by Gasteiger charge is 2.20. The van der Waals surface area contributed by atoms with Crippen LogP contribution in [0.15, 0.2) is 29.3 Å². The van der Waals surface area contributed by atoms with Gasteiger partial charge in [0.1, 0.15) is 12.4 Å². The molecule has 0 aromatic heterocycles. The number of aliphatic imine (C=N–C) groups is 1. The van der Waals surface area contributed by atoms with Gasteiger partial charge in [-0.25, -0.2) is 0 Å². The first-order valence-electron chi connectivity index (χ1n) is 7.26. The predicted molar refractivity (Wildman–Crippen MR) is 87.8 cm³/mol.